The van der Waals surface area contributed by atoms with Crippen molar-refractivity contribution in [2.45, 2.75) is 20.4 Å². The van der Waals surface area contributed by atoms with Crippen LogP contribution in [-0.4, -0.2) is 24.9 Å². The minimum absolute atomic E-state index is 0.623. The molecule has 32 heavy (non-hydrogen) atoms. The molecule has 5 rings (SSSR count). The van der Waals surface area contributed by atoms with Crippen molar-refractivity contribution in [1.29, 1.82) is 0 Å². The molecule has 1 aromatic carbocycles. The highest BCUT2D eigenvalue weighted by Gasteiger charge is 2.07. The van der Waals surface area contributed by atoms with E-state index in [1.165, 1.54) is 0 Å². The van der Waals surface area contributed by atoms with Gasteiger partial charge in [0.05, 0.1) is 11.2 Å². The van der Waals surface area contributed by atoms with Crippen molar-refractivity contribution in [2.75, 3.05) is 5.32 Å². The average molecular weight is 419 g/mol. The summed E-state index contributed by atoms with van der Waals surface area (Å²) in [6.07, 6.45) is 9.02. The van der Waals surface area contributed by atoms with Gasteiger partial charge in [-0.15, -0.1) is 0 Å². The second-order valence-electron chi connectivity index (χ2n) is 7.80. The lowest BCUT2D eigenvalue weighted by Crippen LogP contribution is -2.03. The first-order valence-electron chi connectivity index (χ1n) is 10.4. The maximum atomic E-state index is 4.61. The van der Waals surface area contributed by atoms with Crippen molar-refractivity contribution in [2.24, 2.45) is 0 Å². The van der Waals surface area contributed by atoms with Crippen LogP contribution in [0.3, 0.4) is 0 Å². The van der Waals surface area contributed by atoms with Crippen molar-refractivity contribution in [3.8, 4) is 22.4 Å². The first kappa shape index (κ1) is 19.8. The van der Waals surface area contributed by atoms with Gasteiger partial charge in [-0.25, -0.2) is 9.97 Å². The van der Waals surface area contributed by atoms with Gasteiger partial charge in [0.1, 0.15) is 12.1 Å². The number of nitrogens with one attached hydrogen (secondary N) is 1. The predicted molar refractivity (Wildman–Crippen MR) is 127 cm³/mol. The molecule has 6 nitrogen and oxygen atoms in total. The minimum atomic E-state index is 0.623. The third kappa shape index (κ3) is 4.16. The summed E-state index contributed by atoms with van der Waals surface area (Å²) in [7, 11) is 0. The largest absolute Gasteiger partial charge is 0.365 e. The van der Waals surface area contributed by atoms with Crippen molar-refractivity contribution < 1.29 is 0 Å². The molecular formula is C26H22N6. The summed E-state index contributed by atoms with van der Waals surface area (Å²) in [5, 5.41) is 4.41. The van der Waals surface area contributed by atoms with Gasteiger partial charge in [0, 0.05) is 53.5 Å². The first-order valence-corrected chi connectivity index (χ1v) is 10.4. The summed E-state index contributed by atoms with van der Waals surface area (Å²) < 4.78 is 0. The van der Waals surface area contributed by atoms with E-state index in [0.717, 1.165) is 55.9 Å². The molecule has 156 valence electrons. The highest BCUT2D eigenvalue weighted by molar-refractivity contribution is 5.91. The molecule has 6 heteroatoms. The van der Waals surface area contributed by atoms with Gasteiger partial charge in [-0.3, -0.25) is 15.0 Å². The average Bonchev–Trinajstić information content (AvgIpc) is 2.82. The maximum Gasteiger partial charge on any atom is 0.137 e. The fraction of sp³-hybridized carbons (Fsp3) is 0.115. The van der Waals surface area contributed by atoms with Gasteiger partial charge in [-0.2, -0.15) is 0 Å². The smallest absolute Gasteiger partial charge is 0.137 e. The van der Waals surface area contributed by atoms with Crippen LogP contribution in [0.25, 0.3) is 33.3 Å². The van der Waals surface area contributed by atoms with Crippen LogP contribution < -0.4 is 5.32 Å². The Bertz CT molecular complexity index is 1400. The molecule has 0 atom stereocenters. The van der Waals surface area contributed by atoms with E-state index in [1.807, 2.05) is 56.8 Å². The summed E-state index contributed by atoms with van der Waals surface area (Å²) in [6, 6.07) is 16.5. The zero-order chi connectivity index (χ0) is 21.9. The van der Waals surface area contributed by atoms with Crippen LogP contribution in [0.2, 0.25) is 0 Å². The number of hydrogen-bond acceptors (Lipinski definition) is 6. The van der Waals surface area contributed by atoms with Crippen LogP contribution in [0.5, 0.6) is 0 Å². The Balaban J connectivity index is 1.35. The van der Waals surface area contributed by atoms with E-state index in [2.05, 4.69) is 60.6 Å². The highest BCUT2D eigenvalue weighted by Crippen LogP contribution is 2.27. The highest BCUT2D eigenvalue weighted by atomic mass is 15.0. The lowest BCUT2D eigenvalue weighted by molar-refractivity contribution is 1.08. The van der Waals surface area contributed by atoms with Crippen LogP contribution >= 0.6 is 0 Å². The molecule has 0 saturated carbocycles. The molecule has 0 amide bonds. The van der Waals surface area contributed by atoms with Crippen LogP contribution in [-0.2, 0) is 6.54 Å². The Hall–Kier alpha value is -4.19. The van der Waals surface area contributed by atoms with Gasteiger partial charge in [0.2, 0.25) is 0 Å². The molecule has 4 heterocycles. The second kappa shape index (κ2) is 8.51. The van der Waals surface area contributed by atoms with E-state index < -0.39 is 0 Å². The van der Waals surface area contributed by atoms with E-state index in [1.54, 1.807) is 6.33 Å². The number of aromatic nitrogens is 5. The first-order chi connectivity index (χ1) is 15.7. The molecule has 5 aromatic rings. The molecule has 0 aliphatic rings. The Morgan fingerprint density at radius 2 is 1.69 bits per heavy atom. The molecule has 0 bridgehead atoms. The Morgan fingerprint density at radius 1 is 0.750 bits per heavy atom. The quantitative estimate of drug-likeness (QED) is 0.413. The molecule has 0 unspecified atom stereocenters. The van der Waals surface area contributed by atoms with Gasteiger partial charge >= 0.3 is 0 Å². The van der Waals surface area contributed by atoms with E-state index in [4.69, 9.17) is 0 Å². The van der Waals surface area contributed by atoms with Gasteiger partial charge in [-0.05, 0) is 66.9 Å². The van der Waals surface area contributed by atoms with Crippen molar-refractivity contribution in [3.63, 3.8) is 0 Å². The second-order valence-corrected chi connectivity index (χ2v) is 7.80. The molecule has 0 spiro atoms. The fourth-order valence-electron chi connectivity index (χ4n) is 3.68. The fourth-order valence-corrected chi connectivity index (χ4v) is 3.68. The number of hydrogen-bond donors (Lipinski definition) is 1. The molecule has 0 fully saturated rings. The minimum Gasteiger partial charge on any atom is -0.365 e. The molecular weight excluding hydrogens is 396 g/mol. The topological polar surface area (TPSA) is 76.5 Å². The number of fused-ring (bicyclic) bond motifs is 1. The summed E-state index contributed by atoms with van der Waals surface area (Å²) >= 11 is 0. The van der Waals surface area contributed by atoms with Crippen LogP contribution in [0, 0.1) is 13.8 Å². The molecule has 1 N–H and O–H groups in total. The summed E-state index contributed by atoms with van der Waals surface area (Å²) in [6.45, 7) is 4.65. The van der Waals surface area contributed by atoms with E-state index in [9.17, 15) is 0 Å². The Labute approximate surface area is 186 Å². The normalized spacial score (nSPS) is 10.9. The van der Waals surface area contributed by atoms with Crippen molar-refractivity contribution >= 4 is 16.7 Å². The number of aryl methyl sites for hydroxylation is 2. The lowest BCUT2D eigenvalue weighted by atomic mass is 10.0. The Morgan fingerprint density at radius 3 is 2.50 bits per heavy atom. The van der Waals surface area contributed by atoms with Crippen LogP contribution in [0.1, 0.15) is 16.8 Å². The van der Waals surface area contributed by atoms with E-state index in [0.29, 0.717) is 6.54 Å². The maximum absolute atomic E-state index is 4.61. The monoisotopic (exact) mass is 418 g/mol. The van der Waals surface area contributed by atoms with E-state index >= 15 is 0 Å². The summed E-state index contributed by atoms with van der Waals surface area (Å²) in [4.78, 5) is 22.1. The zero-order valence-corrected chi connectivity index (χ0v) is 17.9. The zero-order valence-electron chi connectivity index (χ0n) is 17.9. The summed E-state index contributed by atoms with van der Waals surface area (Å²) in [5.41, 5.74) is 8.25. The van der Waals surface area contributed by atoms with Crippen molar-refractivity contribution in [1.82, 2.24) is 24.9 Å². The number of benzene rings is 1. The SMILES string of the molecule is Cc1cncc(-c2ccc3c(NCc4ccc(-c5ccnc(C)c5)nc4)ncnc3c2)c1. The number of anilines is 1. The molecule has 4 aromatic heterocycles. The molecule has 0 saturated heterocycles. The standard InChI is InChI=1S/C26H22N6/c1-17-9-22(15-27-12-17)20-4-5-23-25(11-20)31-16-32-26(23)30-14-19-3-6-24(29-13-19)21-7-8-28-18(2)10-21/h3-13,15-16H,14H2,1-2H3,(H,30,31,32). The van der Waals surface area contributed by atoms with Gasteiger partial charge < -0.3 is 5.32 Å². The van der Waals surface area contributed by atoms with Crippen LogP contribution in [0.15, 0.2) is 79.6 Å². The molecule has 0 aliphatic carbocycles. The molecule has 0 radical (unpaired) electrons. The third-order valence-electron chi connectivity index (χ3n) is 5.32. The van der Waals surface area contributed by atoms with Crippen molar-refractivity contribution in [3.05, 3.63) is 96.5 Å². The van der Waals surface area contributed by atoms with Gasteiger partial charge in [0.25, 0.3) is 0 Å². The predicted octanol–water partition coefficient (Wildman–Crippen LogP) is 5.38. The molecule has 0 aliphatic heterocycles. The van der Waals surface area contributed by atoms with Gasteiger partial charge in [0.15, 0.2) is 0 Å². The van der Waals surface area contributed by atoms with E-state index in [-0.39, 0.29) is 0 Å². The number of nitrogens with zero attached hydrogens (tertiary/aromatic N) is 5. The Kier molecular flexibility index (Phi) is 5.25. The lowest BCUT2D eigenvalue weighted by Gasteiger charge is -2.10. The number of rotatable bonds is 5. The van der Waals surface area contributed by atoms with Crippen LogP contribution in [0.4, 0.5) is 5.82 Å². The van der Waals surface area contributed by atoms with Gasteiger partial charge in [-0.1, -0.05) is 12.1 Å². The third-order valence-corrected chi connectivity index (χ3v) is 5.32. The summed E-state index contributed by atoms with van der Waals surface area (Å²) in [5.74, 6) is 0.803. The number of pyridine rings is 3.